The smallest absolute Gasteiger partial charge is 0.142 e. The van der Waals surface area contributed by atoms with Crippen LogP contribution in [0.15, 0.2) is 54.6 Å². The lowest BCUT2D eigenvalue weighted by Gasteiger charge is -2.14. The first-order valence-electron chi connectivity index (χ1n) is 9.25. The molecule has 0 saturated carbocycles. The van der Waals surface area contributed by atoms with Crippen LogP contribution >= 0.6 is 136 Å². The van der Waals surface area contributed by atoms with Gasteiger partial charge in [0, 0.05) is 0 Å². The molecule has 0 radical (unpaired) electrons. The number of phenolic OH excluding ortho intramolecular Hbond substituents is 3. The summed E-state index contributed by atoms with van der Waals surface area (Å²) in [6.07, 6.45) is 0. The lowest BCUT2D eigenvalue weighted by Crippen LogP contribution is -1.91. The number of hydrogen-bond donors (Lipinski definition) is 3. The van der Waals surface area contributed by atoms with Crippen LogP contribution in [0.2, 0.25) is 0 Å². The SMILES string of the molecule is Oc1c(I)cc(-c2cc(-c3cc(I)c(O)c(I)c3)cc(-c3cc(I)c(O)c(I)c3)c2)cc1I. The lowest BCUT2D eigenvalue weighted by atomic mass is 9.93. The summed E-state index contributed by atoms with van der Waals surface area (Å²) in [7, 11) is 0. The first kappa shape index (κ1) is 26.7. The number of hydrogen-bond acceptors (Lipinski definition) is 3. The highest BCUT2D eigenvalue weighted by molar-refractivity contribution is 14.1. The zero-order chi connectivity index (χ0) is 24.0. The second kappa shape index (κ2) is 11.0. The Morgan fingerprint density at radius 2 is 0.455 bits per heavy atom. The normalized spacial score (nSPS) is 11.1. The molecule has 0 aliphatic heterocycles. The van der Waals surface area contributed by atoms with E-state index in [9.17, 15) is 15.3 Å². The summed E-state index contributed by atoms with van der Waals surface area (Å²) in [4.78, 5) is 0. The van der Waals surface area contributed by atoms with E-state index in [1.54, 1.807) is 0 Å². The summed E-state index contributed by atoms with van der Waals surface area (Å²) in [6.45, 7) is 0. The monoisotopic (exact) mass is 1110 g/mol. The zero-order valence-electron chi connectivity index (χ0n) is 16.3. The second-order valence-electron chi connectivity index (χ2n) is 7.16. The van der Waals surface area contributed by atoms with Crippen LogP contribution in [-0.2, 0) is 0 Å². The average molecular weight is 1110 g/mol. The van der Waals surface area contributed by atoms with E-state index in [2.05, 4.69) is 154 Å². The van der Waals surface area contributed by atoms with E-state index in [0.29, 0.717) is 17.2 Å². The molecule has 0 amide bonds. The predicted molar refractivity (Wildman–Crippen MR) is 184 cm³/mol. The van der Waals surface area contributed by atoms with Crippen LogP contribution < -0.4 is 0 Å². The molecule has 0 saturated heterocycles. The minimum Gasteiger partial charge on any atom is -0.506 e. The lowest BCUT2D eigenvalue weighted by molar-refractivity contribution is 0.467. The van der Waals surface area contributed by atoms with E-state index in [4.69, 9.17) is 0 Å². The van der Waals surface area contributed by atoms with E-state index in [-0.39, 0.29) is 0 Å². The molecule has 0 spiro atoms. The number of rotatable bonds is 3. The van der Waals surface area contributed by atoms with Crippen molar-refractivity contribution in [2.75, 3.05) is 0 Å². The van der Waals surface area contributed by atoms with Gasteiger partial charge in [-0.1, -0.05) is 0 Å². The molecule has 0 aromatic heterocycles. The molecule has 0 fully saturated rings. The van der Waals surface area contributed by atoms with Gasteiger partial charge in [0.1, 0.15) is 17.2 Å². The molecule has 3 nitrogen and oxygen atoms in total. The highest BCUT2D eigenvalue weighted by atomic mass is 127. The molecule has 33 heavy (non-hydrogen) atoms. The van der Waals surface area contributed by atoms with Gasteiger partial charge >= 0.3 is 0 Å². The standard InChI is InChI=1S/C24H12I6O3/c25-16-4-13(5-17(26)22(16)31)10-1-11(14-6-18(27)23(32)19(28)7-14)3-12(2-10)15-8-20(29)24(33)21(30)9-15/h1-9,31-33H. The Morgan fingerprint density at radius 3 is 0.636 bits per heavy atom. The molecule has 0 atom stereocenters. The van der Waals surface area contributed by atoms with E-state index >= 15 is 0 Å². The van der Waals surface area contributed by atoms with Gasteiger partial charge in [0.05, 0.1) is 21.4 Å². The fraction of sp³-hybridized carbons (Fsp3) is 0. The third kappa shape index (κ3) is 5.82. The van der Waals surface area contributed by atoms with E-state index < -0.39 is 0 Å². The first-order valence-corrected chi connectivity index (χ1v) is 15.7. The number of phenols is 3. The Balaban J connectivity index is 2.00. The molecule has 0 aliphatic rings. The van der Waals surface area contributed by atoms with Crippen LogP contribution in [0, 0.1) is 21.4 Å². The highest BCUT2D eigenvalue weighted by Gasteiger charge is 2.15. The van der Waals surface area contributed by atoms with Crippen molar-refractivity contribution in [2.45, 2.75) is 0 Å². The Bertz CT molecular complexity index is 1170. The van der Waals surface area contributed by atoms with E-state index in [1.165, 1.54) is 0 Å². The molecule has 9 heteroatoms. The minimum absolute atomic E-state index is 0.293. The van der Waals surface area contributed by atoms with Crippen LogP contribution in [0.4, 0.5) is 0 Å². The van der Waals surface area contributed by atoms with Crippen LogP contribution in [-0.4, -0.2) is 15.3 Å². The third-order valence-corrected chi connectivity index (χ3v) is 9.92. The summed E-state index contributed by atoms with van der Waals surface area (Å²) < 4.78 is 4.77. The summed E-state index contributed by atoms with van der Waals surface area (Å²) in [5, 5.41) is 30.8. The van der Waals surface area contributed by atoms with E-state index in [1.807, 2.05) is 36.4 Å². The zero-order valence-corrected chi connectivity index (χ0v) is 29.3. The van der Waals surface area contributed by atoms with Gasteiger partial charge in [-0.25, -0.2) is 0 Å². The molecule has 168 valence electrons. The maximum atomic E-state index is 10.3. The molecule has 4 aromatic rings. The minimum atomic E-state index is 0.293. The van der Waals surface area contributed by atoms with Crippen molar-refractivity contribution in [3.8, 4) is 50.6 Å². The van der Waals surface area contributed by atoms with Crippen molar-refractivity contribution >= 4 is 136 Å². The van der Waals surface area contributed by atoms with Crippen LogP contribution in [0.25, 0.3) is 33.4 Å². The molecule has 0 aliphatic carbocycles. The van der Waals surface area contributed by atoms with Gasteiger partial charge in [-0.3, -0.25) is 0 Å². The fourth-order valence-electron chi connectivity index (χ4n) is 3.32. The molecule has 4 rings (SSSR count). The van der Waals surface area contributed by atoms with Crippen molar-refractivity contribution in [3.05, 3.63) is 76.0 Å². The summed E-state index contributed by atoms with van der Waals surface area (Å²) in [5.74, 6) is 0.879. The van der Waals surface area contributed by atoms with Gasteiger partial charge in [-0.15, -0.1) is 0 Å². The molecule has 4 aromatic carbocycles. The van der Waals surface area contributed by atoms with Crippen molar-refractivity contribution in [3.63, 3.8) is 0 Å². The van der Waals surface area contributed by atoms with Crippen molar-refractivity contribution in [2.24, 2.45) is 0 Å². The van der Waals surface area contributed by atoms with Gasteiger partial charge in [0.2, 0.25) is 0 Å². The maximum Gasteiger partial charge on any atom is 0.142 e. The van der Waals surface area contributed by atoms with Crippen molar-refractivity contribution in [1.82, 2.24) is 0 Å². The molecule has 3 N–H and O–H groups in total. The molecular formula is C24H12I6O3. The Labute approximate surface area is 273 Å². The number of halogens is 6. The Morgan fingerprint density at radius 1 is 0.303 bits per heavy atom. The van der Waals surface area contributed by atoms with Gasteiger partial charge in [0.15, 0.2) is 0 Å². The second-order valence-corrected chi connectivity index (χ2v) is 14.1. The van der Waals surface area contributed by atoms with Crippen LogP contribution in [0.5, 0.6) is 17.2 Å². The molecular weight excluding hydrogens is 1100 g/mol. The largest absolute Gasteiger partial charge is 0.506 e. The predicted octanol–water partition coefficient (Wildman–Crippen LogP) is 9.43. The van der Waals surface area contributed by atoms with E-state index in [0.717, 1.165) is 54.8 Å². The van der Waals surface area contributed by atoms with Crippen molar-refractivity contribution in [1.29, 1.82) is 0 Å². The van der Waals surface area contributed by atoms with Crippen molar-refractivity contribution < 1.29 is 15.3 Å². The summed E-state index contributed by atoms with van der Waals surface area (Å²) in [5.41, 5.74) is 6.10. The fourth-order valence-corrected chi connectivity index (χ4v) is 8.63. The first-order chi connectivity index (χ1) is 15.5. The number of aromatic hydroxyl groups is 3. The maximum absolute atomic E-state index is 10.3. The van der Waals surface area contributed by atoms with Gasteiger partial charge in [0.25, 0.3) is 0 Å². The Hall–Kier alpha value is 0.660. The van der Waals surface area contributed by atoms with Crippen LogP contribution in [0.1, 0.15) is 0 Å². The summed E-state index contributed by atoms with van der Waals surface area (Å²) in [6, 6.07) is 18.3. The topological polar surface area (TPSA) is 60.7 Å². The molecule has 0 bridgehead atoms. The highest BCUT2D eigenvalue weighted by Crippen LogP contribution is 2.40. The van der Waals surface area contributed by atoms with Gasteiger partial charge in [-0.05, 0) is 224 Å². The number of benzene rings is 4. The van der Waals surface area contributed by atoms with Gasteiger partial charge < -0.3 is 15.3 Å². The molecule has 0 unspecified atom stereocenters. The Kier molecular flexibility index (Phi) is 8.87. The quantitative estimate of drug-likeness (QED) is 0.180. The summed E-state index contributed by atoms with van der Waals surface area (Å²) >= 11 is 12.9. The molecule has 0 heterocycles. The van der Waals surface area contributed by atoms with Crippen LogP contribution in [0.3, 0.4) is 0 Å². The third-order valence-electron chi connectivity index (χ3n) is 4.98. The van der Waals surface area contributed by atoms with Gasteiger partial charge in [-0.2, -0.15) is 0 Å². The average Bonchev–Trinajstić information content (AvgIpc) is 2.78.